The minimum Gasteiger partial charge on any atom is -0.310 e. The van der Waals surface area contributed by atoms with Gasteiger partial charge < -0.3 is 4.90 Å². The van der Waals surface area contributed by atoms with Crippen LogP contribution in [-0.2, 0) is 0 Å². The van der Waals surface area contributed by atoms with Crippen LogP contribution in [0.3, 0.4) is 0 Å². The molecule has 59 heavy (non-hydrogen) atoms. The fraction of sp³-hybridized carbons (Fsp3) is 0. The van der Waals surface area contributed by atoms with Crippen molar-refractivity contribution in [2.75, 3.05) is 4.90 Å². The molecule has 0 radical (unpaired) electrons. The Morgan fingerprint density at radius 3 is 1.42 bits per heavy atom. The Morgan fingerprint density at radius 2 is 0.644 bits per heavy atom. The van der Waals surface area contributed by atoms with Crippen LogP contribution in [0.4, 0.5) is 17.1 Å². The van der Waals surface area contributed by atoms with Gasteiger partial charge in [0.15, 0.2) is 0 Å². The normalized spacial score (nSPS) is 11.4. The lowest BCUT2D eigenvalue weighted by Gasteiger charge is -2.27. The third-order valence-corrected chi connectivity index (χ3v) is 11.8. The van der Waals surface area contributed by atoms with Crippen molar-refractivity contribution >= 4 is 60.2 Å². The third kappa shape index (κ3) is 6.30. The van der Waals surface area contributed by atoms with Gasteiger partial charge >= 0.3 is 0 Å². The maximum absolute atomic E-state index is 2.39. The number of hydrogen-bond donors (Lipinski definition) is 0. The molecule has 0 saturated carbocycles. The summed E-state index contributed by atoms with van der Waals surface area (Å²) in [5, 5.41) is 10.2. The van der Waals surface area contributed by atoms with Gasteiger partial charge in [0.25, 0.3) is 0 Å². The van der Waals surface area contributed by atoms with Crippen molar-refractivity contribution in [2.24, 2.45) is 0 Å². The first-order valence-corrected chi connectivity index (χ1v) is 20.3. The summed E-state index contributed by atoms with van der Waals surface area (Å²) in [5.74, 6) is 0. The van der Waals surface area contributed by atoms with Crippen molar-refractivity contribution in [2.45, 2.75) is 0 Å². The zero-order valence-electron chi connectivity index (χ0n) is 32.5. The van der Waals surface area contributed by atoms with Crippen molar-refractivity contribution < 1.29 is 0 Å². The van der Waals surface area contributed by atoms with Crippen LogP contribution in [-0.4, -0.2) is 0 Å². The molecule has 11 rings (SSSR count). The molecule has 0 aromatic heterocycles. The molecular weight excluding hydrogens is 711 g/mol. The first kappa shape index (κ1) is 34.5. The topological polar surface area (TPSA) is 3.24 Å². The molecule has 276 valence electrons. The highest BCUT2D eigenvalue weighted by Gasteiger charge is 2.16. The first-order valence-electron chi connectivity index (χ1n) is 20.3. The van der Waals surface area contributed by atoms with E-state index in [1.54, 1.807) is 0 Å². The molecule has 0 N–H and O–H groups in total. The molecule has 11 aromatic rings. The molecule has 0 unspecified atom stereocenters. The van der Waals surface area contributed by atoms with Crippen LogP contribution >= 0.6 is 0 Å². The van der Waals surface area contributed by atoms with E-state index in [0.29, 0.717) is 0 Å². The number of fused-ring (bicyclic) bond motifs is 6. The van der Waals surface area contributed by atoms with Gasteiger partial charge in [-0.05, 0) is 130 Å². The van der Waals surface area contributed by atoms with E-state index in [2.05, 4.69) is 241 Å². The second-order valence-electron chi connectivity index (χ2n) is 15.3. The molecule has 0 amide bonds. The van der Waals surface area contributed by atoms with E-state index in [-0.39, 0.29) is 0 Å². The molecule has 0 aliphatic rings. The number of hydrogen-bond acceptors (Lipinski definition) is 1. The standard InChI is InChI=1S/C58H39N/c1-2-13-40(14-3-1)41-29-32-48(33-30-41)59(50-23-10-21-47(39-50)53-26-11-17-42-15-4-6-24-51(42)53)49-22-9-19-45(38-49)44-18-8-20-46(37-44)54-27-12-28-55-57(54)36-35-56-52-25-7-5-16-43(52)31-34-58(55)56/h1-39H. The van der Waals surface area contributed by atoms with E-state index in [0.717, 1.165) is 22.6 Å². The van der Waals surface area contributed by atoms with Crippen LogP contribution in [0.25, 0.3) is 87.6 Å². The number of nitrogens with zero attached hydrogens (tertiary/aromatic N) is 1. The molecule has 0 atom stereocenters. The van der Waals surface area contributed by atoms with Crippen molar-refractivity contribution in [1.29, 1.82) is 0 Å². The lowest BCUT2D eigenvalue weighted by Crippen LogP contribution is -2.10. The minimum atomic E-state index is 1.10. The maximum Gasteiger partial charge on any atom is 0.0467 e. The molecule has 11 aromatic carbocycles. The molecule has 0 spiro atoms. The summed E-state index contributed by atoms with van der Waals surface area (Å²) in [5.41, 5.74) is 12.9. The van der Waals surface area contributed by atoms with Gasteiger partial charge in [-0.1, -0.05) is 194 Å². The first-order chi connectivity index (χ1) is 29.2. The monoisotopic (exact) mass is 749 g/mol. The Kier molecular flexibility index (Phi) is 8.56. The van der Waals surface area contributed by atoms with Crippen LogP contribution in [0, 0.1) is 0 Å². The quantitative estimate of drug-likeness (QED) is 0.147. The Balaban J connectivity index is 1.01. The molecule has 0 heterocycles. The van der Waals surface area contributed by atoms with Crippen molar-refractivity contribution in [3.05, 3.63) is 237 Å². The summed E-state index contributed by atoms with van der Waals surface area (Å²) in [6.45, 7) is 0. The van der Waals surface area contributed by atoms with Crippen LogP contribution in [0.5, 0.6) is 0 Å². The van der Waals surface area contributed by atoms with Crippen LogP contribution in [0.15, 0.2) is 237 Å². The Morgan fingerprint density at radius 1 is 0.203 bits per heavy atom. The van der Waals surface area contributed by atoms with Gasteiger partial charge in [-0.25, -0.2) is 0 Å². The summed E-state index contributed by atoms with van der Waals surface area (Å²) >= 11 is 0. The lowest BCUT2D eigenvalue weighted by atomic mass is 9.91. The van der Waals surface area contributed by atoms with Crippen LogP contribution in [0.2, 0.25) is 0 Å². The predicted octanol–water partition coefficient (Wildman–Crippen LogP) is 16.4. The average Bonchev–Trinajstić information content (AvgIpc) is 3.32. The zero-order chi connectivity index (χ0) is 39.1. The summed E-state index contributed by atoms with van der Waals surface area (Å²) < 4.78 is 0. The predicted molar refractivity (Wildman–Crippen MR) is 253 cm³/mol. The van der Waals surface area contributed by atoms with E-state index in [1.807, 2.05) is 0 Å². The van der Waals surface area contributed by atoms with E-state index in [1.165, 1.54) is 82.0 Å². The molecule has 0 aliphatic heterocycles. The minimum absolute atomic E-state index is 1.10. The van der Waals surface area contributed by atoms with Gasteiger partial charge in [-0.15, -0.1) is 0 Å². The van der Waals surface area contributed by atoms with E-state index in [9.17, 15) is 0 Å². The van der Waals surface area contributed by atoms with Crippen molar-refractivity contribution in [1.82, 2.24) is 0 Å². The van der Waals surface area contributed by atoms with Gasteiger partial charge in [0.05, 0.1) is 0 Å². The summed E-state index contributed by atoms with van der Waals surface area (Å²) in [6.07, 6.45) is 0. The average molecular weight is 750 g/mol. The SMILES string of the molecule is c1ccc(-c2ccc(N(c3cccc(-c4cccc(-c5cccc6c5ccc5c7ccccc7ccc65)c4)c3)c3cccc(-c4cccc5ccccc45)c3)cc2)cc1. The molecule has 0 aliphatic carbocycles. The van der Waals surface area contributed by atoms with Gasteiger partial charge in [0, 0.05) is 17.1 Å². The molecule has 1 heteroatoms. The number of anilines is 3. The largest absolute Gasteiger partial charge is 0.310 e. The van der Waals surface area contributed by atoms with E-state index in [4.69, 9.17) is 0 Å². The van der Waals surface area contributed by atoms with Gasteiger partial charge in [0.1, 0.15) is 0 Å². The maximum atomic E-state index is 2.39. The van der Waals surface area contributed by atoms with Crippen molar-refractivity contribution in [3.63, 3.8) is 0 Å². The third-order valence-electron chi connectivity index (χ3n) is 11.8. The molecule has 0 saturated heterocycles. The summed E-state index contributed by atoms with van der Waals surface area (Å²) in [4.78, 5) is 2.39. The van der Waals surface area contributed by atoms with Gasteiger partial charge in [0.2, 0.25) is 0 Å². The lowest BCUT2D eigenvalue weighted by molar-refractivity contribution is 1.28. The summed E-state index contributed by atoms with van der Waals surface area (Å²) in [7, 11) is 0. The number of rotatable bonds is 7. The molecule has 1 nitrogen and oxygen atoms in total. The van der Waals surface area contributed by atoms with E-state index < -0.39 is 0 Å². The molecule has 0 bridgehead atoms. The van der Waals surface area contributed by atoms with Crippen LogP contribution in [0.1, 0.15) is 0 Å². The highest BCUT2D eigenvalue weighted by molar-refractivity contribution is 6.19. The van der Waals surface area contributed by atoms with Gasteiger partial charge in [-0.2, -0.15) is 0 Å². The molecular formula is C58H39N. The van der Waals surface area contributed by atoms with E-state index >= 15 is 0 Å². The van der Waals surface area contributed by atoms with Crippen LogP contribution < -0.4 is 4.90 Å². The highest BCUT2D eigenvalue weighted by atomic mass is 15.1. The number of benzene rings is 11. The fourth-order valence-electron chi connectivity index (χ4n) is 8.97. The Bertz CT molecular complexity index is 3320. The Hall–Kier alpha value is -7.74. The summed E-state index contributed by atoms with van der Waals surface area (Å²) in [6, 6.07) is 86.2. The Labute approximate surface area is 344 Å². The second kappa shape index (κ2) is 14.6. The zero-order valence-corrected chi connectivity index (χ0v) is 32.5. The van der Waals surface area contributed by atoms with Gasteiger partial charge in [-0.3, -0.25) is 0 Å². The second-order valence-corrected chi connectivity index (χ2v) is 15.3. The smallest absolute Gasteiger partial charge is 0.0467 e. The fourth-order valence-corrected chi connectivity index (χ4v) is 8.97. The highest BCUT2D eigenvalue weighted by Crippen LogP contribution is 2.41. The molecule has 0 fully saturated rings. The van der Waals surface area contributed by atoms with Crippen molar-refractivity contribution in [3.8, 4) is 44.5 Å².